The quantitative estimate of drug-likeness (QED) is 0.571. The van der Waals surface area contributed by atoms with Crippen LogP contribution in [0.3, 0.4) is 0 Å². The van der Waals surface area contributed by atoms with Gasteiger partial charge in [0, 0.05) is 12.1 Å². The van der Waals surface area contributed by atoms with Crippen LogP contribution in [-0.2, 0) is 20.9 Å². The molecule has 31 heavy (non-hydrogen) atoms. The van der Waals surface area contributed by atoms with Gasteiger partial charge in [0.05, 0.1) is 19.8 Å². The van der Waals surface area contributed by atoms with E-state index in [9.17, 15) is 9.59 Å². The van der Waals surface area contributed by atoms with E-state index in [2.05, 4.69) is 10.6 Å². The fourth-order valence-electron chi connectivity index (χ4n) is 3.95. The molecule has 0 bridgehead atoms. The maximum Gasteiger partial charge on any atom is 0.309 e. The Morgan fingerprint density at radius 3 is 2.55 bits per heavy atom. The number of fused-ring (bicyclic) bond motifs is 1. The van der Waals surface area contributed by atoms with Crippen LogP contribution in [0.25, 0.3) is 0 Å². The minimum atomic E-state index is -0.635. The second-order valence-electron chi connectivity index (χ2n) is 7.76. The van der Waals surface area contributed by atoms with Crippen molar-refractivity contribution < 1.29 is 28.7 Å². The molecule has 2 amide bonds. The first-order valence-electron chi connectivity index (χ1n) is 10.5. The molecule has 2 aliphatic rings. The normalized spacial score (nSPS) is 16.5. The highest BCUT2D eigenvalue weighted by Gasteiger charge is 2.29. The summed E-state index contributed by atoms with van der Waals surface area (Å²) >= 11 is 0. The van der Waals surface area contributed by atoms with Crippen LogP contribution in [0.1, 0.15) is 22.7 Å². The van der Waals surface area contributed by atoms with Gasteiger partial charge >= 0.3 is 11.8 Å². The Hall–Kier alpha value is -3.10. The number of rotatable bonds is 6. The van der Waals surface area contributed by atoms with Gasteiger partial charge < -0.3 is 29.7 Å². The van der Waals surface area contributed by atoms with Crippen LogP contribution in [0.15, 0.2) is 42.5 Å². The van der Waals surface area contributed by atoms with Crippen LogP contribution in [-0.4, -0.2) is 51.5 Å². The van der Waals surface area contributed by atoms with Gasteiger partial charge in [-0.2, -0.15) is 0 Å². The number of nitrogens with one attached hydrogen (secondary N) is 3. The Morgan fingerprint density at radius 1 is 1.00 bits per heavy atom. The summed E-state index contributed by atoms with van der Waals surface area (Å²) in [7, 11) is 0. The lowest BCUT2D eigenvalue weighted by molar-refractivity contribution is -0.937. The Balaban J connectivity index is 1.39. The number of morpholine rings is 1. The highest BCUT2D eigenvalue weighted by atomic mass is 16.7. The van der Waals surface area contributed by atoms with Crippen LogP contribution in [0.2, 0.25) is 0 Å². The number of carbonyl (C=O) groups excluding carboxylic acids is 2. The average Bonchev–Trinajstić information content (AvgIpc) is 3.27. The Labute approximate surface area is 181 Å². The van der Waals surface area contributed by atoms with Crippen molar-refractivity contribution >= 4 is 11.8 Å². The average molecular weight is 426 g/mol. The molecule has 2 aliphatic heterocycles. The van der Waals surface area contributed by atoms with Gasteiger partial charge in [0.25, 0.3) is 0 Å². The topological polar surface area (TPSA) is 90.3 Å². The van der Waals surface area contributed by atoms with Gasteiger partial charge in [-0.3, -0.25) is 9.59 Å². The predicted octanol–water partition coefficient (Wildman–Crippen LogP) is 0.113. The third kappa shape index (κ3) is 5.15. The number of amides is 2. The van der Waals surface area contributed by atoms with Crippen molar-refractivity contribution in [2.75, 3.05) is 39.6 Å². The minimum Gasteiger partial charge on any atom is -0.454 e. The Bertz CT molecular complexity index is 943. The van der Waals surface area contributed by atoms with E-state index in [-0.39, 0.29) is 12.8 Å². The highest BCUT2D eigenvalue weighted by molar-refractivity contribution is 6.35. The van der Waals surface area contributed by atoms with Gasteiger partial charge in [0.15, 0.2) is 11.5 Å². The molecule has 0 radical (unpaired) electrons. The zero-order chi connectivity index (χ0) is 21.6. The summed E-state index contributed by atoms with van der Waals surface area (Å²) in [4.78, 5) is 26.1. The van der Waals surface area contributed by atoms with Crippen molar-refractivity contribution in [3.63, 3.8) is 0 Å². The Kier molecular flexibility index (Phi) is 6.69. The van der Waals surface area contributed by atoms with Gasteiger partial charge in [-0.1, -0.05) is 24.3 Å². The van der Waals surface area contributed by atoms with Crippen LogP contribution in [0.4, 0.5) is 0 Å². The SMILES string of the molecule is Cc1ccccc1CNC(=O)C(=O)NC[C@@H](c1ccc2c(c1)OCO2)[NH+]1CCOCC1. The molecule has 2 aromatic rings. The molecular weight excluding hydrogens is 398 g/mol. The molecule has 8 nitrogen and oxygen atoms in total. The molecule has 1 fully saturated rings. The maximum absolute atomic E-state index is 12.5. The number of hydrogen-bond acceptors (Lipinski definition) is 5. The fourth-order valence-corrected chi connectivity index (χ4v) is 3.95. The molecule has 4 rings (SSSR count). The van der Waals surface area contributed by atoms with E-state index < -0.39 is 11.8 Å². The summed E-state index contributed by atoms with van der Waals surface area (Å²) in [5.41, 5.74) is 3.09. The van der Waals surface area contributed by atoms with Crippen molar-refractivity contribution in [1.82, 2.24) is 10.6 Å². The highest BCUT2D eigenvalue weighted by Crippen LogP contribution is 2.33. The first-order valence-corrected chi connectivity index (χ1v) is 10.5. The van der Waals surface area contributed by atoms with E-state index in [0.717, 1.165) is 35.5 Å². The van der Waals surface area contributed by atoms with E-state index in [4.69, 9.17) is 14.2 Å². The van der Waals surface area contributed by atoms with Crippen molar-refractivity contribution in [3.05, 3.63) is 59.2 Å². The third-order valence-electron chi connectivity index (χ3n) is 5.80. The van der Waals surface area contributed by atoms with Gasteiger partial charge in [0.1, 0.15) is 19.1 Å². The summed E-state index contributed by atoms with van der Waals surface area (Å²) in [6.45, 7) is 5.84. The molecule has 1 atom stereocenters. The number of ether oxygens (including phenoxy) is 3. The van der Waals surface area contributed by atoms with Crippen LogP contribution >= 0.6 is 0 Å². The summed E-state index contributed by atoms with van der Waals surface area (Å²) in [6.07, 6.45) is 0. The van der Waals surface area contributed by atoms with Crippen molar-refractivity contribution in [3.8, 4) is 11.5 Å². The Morgan fingerprint density at radius 2 is 1.74 bits per heavy atom. The zero-order valence-electron chi connectivity index (χ0n) is 17.6. The van der Waals surface area contributed by atoms with Crippen LogP contribution in [0, 0.1) is 6.92 Å². The number of benzene rings is 2. The largest absolute Gasteiger partial charge is 0.454 e. The standard InChI is InChI=1S/C23H27N3O5/c1-16-4-2-3-5-18(16)13-24-22(27)23(28)25-14-19(26-8-10-29-11-9-26)17-6-7-20-21(12-17)31-15-30-20/h2-7,12,19H,8-11,13-15H2,1H3,(H,24,27)(H,25,28)/p+1/t19-/m0/s1. The number of aryl methyl sites for hydroxylation is 1. The smallest absolute Gasteiger partial charge is 0.309 e. The van der Waals surface area contributed by atoms with E-state index in [1.807, 2.05) is 49.4 Å². The molecular formula is C23H28N3O5+. The molecule has 0 aliphatic carbocycles. The molecule has 0 spiro atoms. The van der Waals surface area contributed by atoms with E-state index >= 15 is 0 Å². The van der Waals surface area contributed by atoms with Crippen molar-refractivity contribution in [2.45, 2.75) is 19.5 Å². The zero-order valence-corrected chi connectivity index (χ0v) is 17.6. The van der Waals surface area contributed by atoms with Crippen molar-refractivity contribution in [2.24, 2.45) is 0 Å². The predicted molar refractivity (Wildman–Crippen MR) is 113 cm³/mol. The second kappa shape index (κ2) is 9.80. The summed E-state index contributed by atoms with van der Waals surface area (Å²) in [5, 5.41) is 5.51. The third-order valence-corrected chi connectivity index (χ3v) is 5.80. The molecule has 1 saturated heterocycles. The molecule has 2 aromatic carbocycles. The van der Waals surface area contributed by atoms with Gasteiger partial charge in [0.2, 0.25) is 6.79 Å². The lowest BCUT2D eigenvalue weighted by Gasteiger charge is -2.32. The van der Waals surface area contributed by atoms with Crippen LogP contribution in [0.5, 0.6) is 11.5 Å². The molecule has 0 saturated carbocycles. The summed E-state index contributed by atoms with van der Waals surface area (Å²) < 4.78 is 16.4. The van der Waals surface area contributed by atoms with E-state index in [0.29, 0.717) is 32.1 Å². The monoisotopic (exact) mass is 426 g/mol. The lowest BCUT2D eigenvalue weighted by Crippen LogP contribution is -3.15. The maximum atomic E-state index is 12.5. The van der Waals surface area contributed by atoms with E-state index in [1.165, 1.54) is 4.90 Å². The molecule has 0 unspecified atom stereocenters. The minimum absolute atomic E-state index is 0.0217. The first-order chi connectivity index (χ1) is 15.1. The van der Waals surface area contributed by atoms with Crippen molar-refractivity contribution in [1.29, 1.82) is 0 Å². The number of quaternary nitrogens is 1. The first kappa shape index (κ1) is 21.1. The fraction of sp³-hybridized carbons (Fsp3) is 0.391. The number of carbonyl (C=O) groups is 2. The molecule has 3 N–H and O–H groups in total. The van der Waals surface area contributed by atoms with E-state index in [1.54, 1.807) is 0 Å². The molecule has 2 heterocycles. The van der Waals surface area contributed by atoms with Crippen LogP contribution < -0.4 is 25.0 Å². The lowest BCUT2D eigenvalue weighted by atomic mass is 10.0. The molecule has 0 aromatic heterocycles. The number of hydrogen-bond donors (Lipinski definition) is 3. The van der Waals surface area contributed by atoms with Gasteiger partial charge in [-0.25, -0.2) is 0 Å². The molecule has 164 valence electrons. The molecule has 8 heteroatoms. The summed E-state index contributed by atoms with van der Waals surface area (Å²) in [6, 6.07) is 13.6. The summed E-state index contributed by atoms with van der Waals surface area (Å²) in [5.74, 6) is 0.160. The van der Waals surface area contributed by atoms with Gasteiger partial charge in [-0.05, 0) is 36.2 Å². The second-order valence-corrected chi connectivity index (χ2v) is 7.76. The van der Waals surface area contributed by atoms with Gasteiger partial charge in [-0.15, -0.1) is 0 Å².